The lowest BCUT2D eigenvalue weighted by molar-refractivity contribution is 0.0544. The average Bonchev–Trinajstić information content (AvgIpc) is 3.53. The molecule has 0 saturated heterocycles. The van der Waals surface area contributed by atoms with Crippen molar-refractivity contribution in [2.45, 2.75) is 78.1 Å². The number of amides is 1. The van der Waals surface area contributed by atoms with Crippen LogP contribution in [0.4, 0.5) is 4.79 Å². The number of aryl methyl sites for hydroxylation is 1. The summed E-state index contributed by atoms with van der Waals surface area (Å²) < 4.78 is 10.5. The predicted octanol–water partition coefficient (Wildman–Crippen LogP) is 5.00. The molecule has 0 spiro atoms. The molecule has 2 aliphatic rings. The largest absolute Gasteiger partial charge is 0.443 e. The molecule has 6 rings (SSSR count). The van der Waals surface area contributed by atoms with Gasteiger partial charge in [-0.25, -0.2) is 9.78 Å². The van der Waals surface area contributed by atoms with Gasteiger partial charge in [0.05, 0.1) is 17.5 Å². The summed E-state index contributed by atoms with van der Waals surface area (Å²) >= 11 is 0. The highest BCUT2D eigenvalue weighted by Crippen LogP contribution is 2.41. The average molecular weight is 528 g/mol. The van der Waals surface area contributed by atoms with Gasteiger partial charge < -0.3 is 18.8 Å². The molecule has 0 radical (unpaired) electrons. The van der Waals surface area contributed by atoms with Gasteiger partial charge in [-0.3, -0.25) is 14.2 Å². The molecule has 202 valence electrons. The molecule has 1 aromatic carbocycles. The number of ether oxygens (including phenoxy) is 1. The SMILES string of the molecule is Cc1cn(-c2ccc3n(c2=O)CC(C)N(Cc2cn(C(=O)OC(C)(C)C)c4ccc(C5CC5)cc24)C3=O)cn1. The first-order valence-electron chi connectivity index (χ1n) is 13.4. The normalized spacial score (nSPS) is 17.5. The van der Waals surface area contributed by atoms with Gasteiger partial charge in [-0.2, -0.15) is 0 Å². The van der Waals surface area contributed by atoms with E-state index >= 15 is 0 Å². The first-order chi connectivity index (χ1) is 18.5. The van der Waals surface area contributed by atoms with Gasteiger partial charge in [-0.1, -0.05) is 6.07 Å². The highest BCUT2D eigenvalue weighted by atomic mass is 16.6. The topological polar surface area (TPSA) is 91.4 Å². The lowest BCUT2D eigenvalue weighted by Crippen LogP contribution is -2.49. The fraction of sp³-hybridized carbons (Fsp3) is 0.400. The van der Waals surface area contributed by atoms with Gasteiger partial charge >= 0.3 is 6.09 Å². The third-order valence-corrected chi connectivity index (χ3v) is 7.49. The van der Waals surface area contributed by atoms with Crippen molar-refractivity contribution in [3.05, 3.63) is 81.9 Å². The zero-order valence-electron chi connectivity index (χ0n) is 23.0. The van der Waals surface area contributed by atoms with Crippen molar-refractivity contribution in [3.63, 3.8) is 0 Å². The Bertz CT molecular complexity index is 1680. The molecule has 3 aromatic heterocycles. The fourth-order valence-electron chi connectivity index (χ4n) is 5.38. The third kappa shape index (κ3) is 4.56. The Labute approximate surface area is 226 Å². The van der Waals surface area contributed by atoms with Gasteiger partial charge in [-0.05, 0) is 88.8 Å². The molecule has 1 aliphatic heterocycles. The van der Waals surface area contributed by atoms with Gasteiger partial charge in [-0.15, -0.1) is 0 Å². The fourth-order valence-corrected chi connectivity index (χ4v) is 5.38. The predicted molar refractivity (Wildman–Crippen MR) is 147 cm³/mol. The standard InChI is InChI=1S/C30H33N5O4/c1-18-13-32(17-31-18)25-10-11-26-28(37)33(19(2)14-34(26)27(25)36)15-22-16-35(29(38)39-30(3,4)5)24-9-8-21(12-23(22)24)20-6-7-20/h8-13,16-17,19-20H,6-7,14-15H2,1-5H3. The quantitative estimate of drug-likeness (QED) is 0.372. The monoisotopic (exact) mass is 527 g/mol. The maximum Gasteiger partial charge on any atom is 0.419 e. The molecular weight excluding hydrogens is 494 g/mol. The second kappa shape index (κ2) is 8.97. The maximum absolute atomic E-state index is 13.7. The zero-order chi connectivity index (χ0) is 27.6. The number of imidazole rings is 1. The number of carbonyl (C=O) groups excluding carboxylic acids is 2. The van der Waals surface area contributed by atoms with Gasteiger partial charge in [0.15, 0.2) is 0 Å². The van der Waals surface area contributed by atoms with E-state index in [-0.39, 0.29) is 17.5 Å². The van der Waals surface area contributed by atoms with Crippen LogP contribution >= 0.6 is 0 Å². The van der Waals surface area contributed by atoms with Crippen LogP contribution in [0.5, 0.6) is 0 Å². The summed E-state index contributed by atoms with van der Waals surface area (Å²) in [7, 11) is 0. The van der Waals surface area contributed by atoms with Gasteiger partial charge in [0, 0.05) is 36.9 Å². The number of hydrogen-bond acceptors (Lipinski definition) is 5. The minimum atomic E-state index is -0.635. The van der Waals surface area contributed by atoms with Crippen molar-refractivity contribution < 1.29 is 14.3 Å². The van der Waals surface area contributed by atoms with E-state index in [4.69, 9.17) is 4.74 Å². The number of aromatic nitrogens is 4. The number of pyridine rings is 1. The van der Waals surface area contributed by atoms with Crippen molar-refractivity contribution in [1.29, 1.82) is 0 Å². The molecule has 1 amide bonds. The van der Waals surface area contributed by atoms with Crippen LogP contribution in [0.1, 0.15) is 73.8 Å². The molecule has 1 saturated carbocycles. The van der Waals surface area contributed by atoms with Gasteiger partial charge in [0.1, 0.15) is 17.0 Å². The molecule has 0 N–H and O–H groups in total. The van der Waals surface area contributed by atoms with Crippen molar-refractivity contribution in [1.82, 2.24) is 23.6 Å². The van der Waals surface area contributed by atoms with E-state index in [0.29, 0.717) is 30.4 Å². The minimum Gasteiger partial charge on any atom is -0.443 e. The lowest BCUT2D eigenvalue weighted by Gasteiger charge is -2.35. The zero-order valence-corrected chi connectivity index (χ0v) is 23.0. The second-order valence-electron chi connectivity index (χ2n) is 11.8. The van der Waals surface area contributed by atoms with Crippen molar-refractivity contribution in [3.8, 4) is 5.69 Å². The van der Waals surface area contributed by atoms with Crippen LogP contribution in [0.2, 0.25) is 0 Å². The molecule has 9 heteroatoms. The molecule has 1 atom stereocenters. The first kappa shape index (κ1) is 25.2. The Hall–Kier alpha value is -4.14. The molecular formula is C30H33N5O4. The van der Waals surface area contributed by atoms with E-state index in [2.05, 4.69) is 17.1 Å². The molecule has 1 aliphatic carbocycles. The molecule has 0 bridgehead atoms. The summed E-state index contributed by atoms with van der Waals surface area (Å²) in [6, 6.07) is 9.38. The lowest BCUT2D eigenvalue weighted by atomic mass is 10.0. The highest BCUT2D eigenvalue weighted by Gasteiger charge is 2.33. The van der Waals surface area contributed by atoms with E-state index < -0.39 is 11.7 Å². The van der Waals surface area contributed by atoms with E-state index in [0.717, 1.165) is 22.2 Å². The van der Waals surface area contributed by atoms with Crippen molar-refractivity contribution in [2.24, 2.45) is 0 Å². The minimum absolute atomic E-state index is 0.212. The Morgan fingerprint density at radius 2 is 1.87 bits per heavy atom. The Morgan fingerprint density at radius 3 is 2.54 bits per heavy atom. The summed E-state index contributed by atoms with van der Waals surface area (Å²) in [5.74, 6) is 0.339. The summed E-state index contributed by atoms with van der Waals surface area (Å²) in [5.41, 5.74) is 3.66. The van der Waals surface area contributed by atoms with Gasteiger partial charge in [0.2, 0.25) is 0 Å². The highest BCUT2D eigenvalue weighted by molar-refractivity contribution is 5.95. The van der Waals surface area contributed by atoms with E-state index in [1.54, 1.807) is 49.5 Å². The number of carbonyl (C=O) groups is 2. The molecule has 4 heterocycles. The Balaban J connectivity index is 1.37. The number of rotatable bonds is 4. The summed E-state index contributed by atoms with van der Waals surface area (Å²) in [4.78, 5) is 46.2. The van der Waals surface area contributed by atoms with Crippen molar-refractivity contribution in [2.75, 3.05) is 0 Å². The maximum atomic E-state index is 13.7. The molecule has 39 heavy (non-hydrogen) atoms. The number of benzene rings is 1. The van der Waals surface area contributed by atoms with Gasteiger partial charge in [0.25, 0.3) is 11.5 Å². The van der Waals surface area contributed by atoms with Crippen LogP contribution < -0.4 is 5.56 Å². The van der Waals surface area contributed by atoms with Crippen LogP contribution in [0.25, 0.3) is 16.6 Å². The van der Waals surface area contributed by atoms with Crippen LogP contribution in [0.3, 0.4) is 0 Å². The second-order valence-corrected chi connectivity index (χ2v) is 11.8. The summed E-state index contributed by atoms with van der Waals surface area (Å²) in [6.45, 7) is 10.0. The molecule has 1 fully saturated rings. The number of nitrogens with zero attached hydrogens (tertiary/aromatic N) is 5. The van der Waals surface area contributed by atoms with E-state index in [1.165, 1.54) is 18.4 Å². The van der Waals surface area contributed by atoms with E-state index in [1.807, 2.05) is 40.7 Å². The summed E-state index contributed by atoms with van der Waals surface area (Å²) in [6.07, 6.45) is 7.08. The summed E-state index contributed by atoms with van der Waals surface area (Å²) in [5, 5.41) is 0.944. The van der Waals surface area contributed by atoms with Crippen LogP contribution in [-0.2, 0) is 17.8 Å². The molecule has 4 aromatic rings. The Kier molecular flexibility index (Phi) is 5.78. The van der Waals surface area contributed by atoms with Crippen LogP contribution in [0.15, 0.2) is 53.8 Å². The van der Waals surface area contributed by atoms with Crippen molar-refractivity contribution >= 4 is 22.9 Å². The number of hydrogen-bond donors (Lipinski definition) is 0. The number of fused-ring (bicyclic) bond motifs is 2. The van der Waals surface area contributed by atoms with Crippen LogP contribution in [-0.4, -0.2) is 47.2 Å². The first-order valence-corrected chi connectivity index (χ1v) is 13.4. The molecule has 1 unspecified atom stereocenters. The third-order valence-electron chi connectivity index (χ3n) is 7.49. The Morgan fingerprint density at radius 1 is 1.10 bits per heavy atom. The molecule has 9 nitrogen and oxygen atoms in total. The van der Waals surface area contributed by atoms with E-state index in [9.17, 15) is 14.4 Å². The smallest absolute Gasteiger partial charge is 0.419 e. The van der Waals surface area contributed by atoms with Crippen LogP contribution in [0, 0.1) is 6.92 Å².